The van der Waals surface area contributed by atoms with Crippen LogP contribution in [-0.2, 0) is 0 Å². The molecule has 0 fully saturated rings. The van der Waals surface area contributed by atoms with Gasteiger partial charge in [0.05, 0.1) is 11.6 Å². The van der Waals surface area contributed by atoms with E-state index in [1.807, 2.05) is 36.6 Å². The molecule has 0 aliphatic carbocycles. The molecule has 1 aromatic heterocycles. The van der Waals surface area contributed by atoms with E-state index in [2.05, 4.69) is 0 Å². The molecule has 0 bridgehead atoms. The molecule has 1 heterocycles. The fourth-order valence-corrected chi connectivity index (χ4v) is 2.60. The van der Waals surface area contributed by atoms with Gasteiger partial charge in [0, 0.05) is 17.6 Å². The highest BCUT2D eigenvalue weighted by Gasteiger charge is 2.20. The molecule has 94 valence electrons. The Bertz CT molecular complexity index is 536. The monoisotopic (exact) mass is 260 g/mol. The van der Waals surface area contributed by atoms with E-state index < -0.39 is 0 Å². The summed E-state index contributed by atoms with van der Waals surface area (Å²) < 4.78 is 0. The fraction of sp³-hybridized carbons (Fsp3) is 0.214. The summed E-state index contributed by atoms with van der Waals surface area (Å²) in [6.45, 7) is 2.02. The van der Waals surface area contributed by atoms with Crippen LogP contribution in [0.4, 0.5) is 5.69 Å². The molecule has 2 aromatic rings. The van der Waals surface area contributed by atoms with Crippen LogP contribution in [0.1, 0.15) is 28.2 Å². The van der Waals surface area contributed by atoms with Gasteiger partial charge in [0.2, 0.25) is 0 Å². The molecule has 1 amide bonds. The minimum Gasteiger partial charge on any atom is -0.398 e. The number of carbonyl (C=O) groups excluding carboxylic acids is 1. The molecule has 0 saturated carbocycles. The maximum atomic E-state index is 12.4. The van der Waals surface area contributed by atoms with Gasteiger partial charge >= 0.3 is 0 Å². The van der Waals surface area contributed by atoms with Gasteiger partial charge < -0.3 is 10.6 Å². The van der Waals surface area contributed by atoms with Crippen molar-refractivity contribution in [1.82, 2.24) is 4.90 Å². The molecule has 2 N–H and O–H groups in total. The molecular weight excluding hydrogens is 244 g/mol. The van der Waals surface area contributed by atoms with Gasteiger partial charge in [0.25, 0.3) is 5.91 Å². The van der Waals surface area contributed by atoms with E-state index in [1.54, 1.807) is 35.4 Å². The molecular formula is C14H16N2OS. The van der Waals surface area contributed by atoms with Crippen LogP contribution in [0.25, 0.3) is 0 Å². The quantitative estimate of drug-likeness (QED) is 0.862. The first-order valence-electron chi connectivity index (χ1n) is 5.76. The number of hydrogen-bond acceptors (Lipinski definition) is 3. The molecule has 3 nitrogen and oxygen atoms in total. The molecule has 1 atom stereocenters. The van der Waals surface area contributed by atoms with Crippen molar-refractivity contribution >= 4 is 22.9 Å². The van der Waals surface area contributed by atoms with E-state index in [0.29, 0.717) is 11.3 Å². The third-order valence-electron chi connectivity index (χ3n) is 3.05. The van der Waals surface area contributed by atoms with E-state index in [9.17, 15) is 4.79 Å². The van der Waals surface area contributed by atoms with E-state index >= 15 is 0 Å². The minimum absolute atomic E-state index is 0.0472. The number of carbonyl (C=O) groups is 1. The predicted molar refractivity (Wildman–Crippen MR) is 75.7 cm³/mol. The van der Waals surface area contributed by atoms with Crippen molar-refractivity contribution in [3.8, 4) is 0 Å². The van der Waals surface area contributed by atoms with Crippen LogP contribution in [0, 0.1) is 0 Å². The lowest BCUT2D eigenvalue weighted by Gasteiger charge is -2.24. The van der Waals surface area contributed by atoms with Gasteiger partial charge in [-0.15, -0.1) is 11.3 Å². The number of hydrogen-bond donors (Lipinski definition) is 1. The summed E-state index contributed by atoms with van der Waals surface area (Å²) in [5.74, 6) is -0.0472. The molecule has 1 unspecified atom stereocenters. The van der Waals surface area contributed by atoms with Gasteiger partial charge in [0.1, 0.15) is 0 Å². The lowest BCUT2D eigenvalue weighted by molar-refractivity contribution is 0.0746. The second kappa shape index (κ2) is 5.23. The molecule has 0 saturated heterocycles. The Balaban J connectivity index is 2.22. The van der Waals surface area contributed by atoms with Crippen molar-refractivity contribution < 1.29 is 4.79 Å². The summed E-state index contributed by atoms with van der Waals surface area (Å²) >= 11 is 1.65. The first-order valence-corrected chi connectivity index (χ1v) is 6.64. The van der Waals surface area contributed by atoms with Crippen LogP contribution in [-0.4, -0.2) is 17.9 Å². The molecule has 0 spiro atoms. The topological polar surface area (TPSA) is 46.3 Å². The summed E-state index contributed by atoms with van der Waals surface area (Å²) in [6, 6.07) is 11.2. The zero-order valence-corrected chi connectivity index (χ0v) is 11.3. The first kappa shape index (κ1) is 12.6. The van der Waals surface area contributed by atoms with Crippen LogP contribution >= 0.6 is 11.3 Å². The van der Waals surface area contributed by atoms with Crippen LogP contribution in [0.3, 0.4) is 0 Å². The van der Waals surface area contributed by atoms with E-state index in [-0.39, 0.29) is 11.9 Å². The summed E-state index contributed by atoms with van der Waals surface area (Å²) in [6.07, 6.45) is 0. The normalized spacial score (nSPS) is 12.1. The number of nitrogens with zero attached hydrogens (tertiary/aromatic N) is 1. The van der Waals surface area contributed by atoms with Crippen molar-refractivity contribution in [1.29, 1.82) is 0 Å². The Morgan fingerprint density at radius 1 is 1.28 bits per heavy atom. The van der Waals surface area contributed by atoms with Gasteiger partial charge in [-0.25, -0.2) is 0 Å². The highest BCUT2D eigenvalue weighted by Crippen LogP contribution is 2.25. The Labute approximate surface area is 111 Å². The second-order valence-electron chi connectivity index (χ2n) is 4.19. The number of rotatable bonds is 3. The van der Waals surface area contributed by atoms with Gasteiger partial charge in [-0.05, 0) is 30.5 Å². The van der Waals surface area contributed by atoms with Gasteiger partial charge in [-0.1, -0.05) is 18.2 Å². The third-order valence-corrected chi connectivity index (χ3v) is 4.09. The third kappa shape index (κ3) is 2.38. The number of anilines is 1. The maximum Gasteiger partial charge on any atom is 0.256 e. The molecule has 0 aliphatic rings. The SMILES string of the molecule is CC(c1cccs1)N(C)C(=O)c1ccccc1N. The Hall–Kier alpha value is -1.81. The largest absolute Gasteiger partial charge is 0.398 e. The van der Waals surface area contributed by atoms with Crippen molar-refractivity contribution in [2.75, 3.05) is 12.8 Å². The summed E-state index contributed by atoms with van der Waals surface area (Å²) in [7, 11) is 1.80. The van der Waals surface area contributed by atoms with Crippen molar-refractivity contribution in [2.24, 2.45) is 0 Å². The standard InChI is InChI=1S/C14H16N2OS/c1-10(13-8-5-9-18-13)16(2)14(17)11-6-3-4-7-12(11)15/h3-10H,15H2,1-2H3. The molecule has 18 heavy (non-hydrogen) atoms. The van der Waals surface area contributed by atoms with Crippen molar-refractivity contribution in [2.45, 2.75) is 13.0 Å². The zero-order valence-electron chi connectivity index (χ0n) is 10.5. The Kier molecular flexibility index (Phi) is 3.67. The molecule has 1 aromatic carbocycles. The molecule has 2 rings (SSSR count). The van der Waals surface area contributed by atoms with Crippen molar-refractivity contribution in [3.63, 3.8) is 0 Å². The average Bonchev–Trinajstić information content (AvgIpc) is 2.90. The Morgan fingerprint density at radius 2 is 2.00 bits per heavy atom. The van der Waals surface area contributed by atoms with E-state index in [0.717, 1.165) is 0 Å². The summed E-state index contributed by atoms with van der Waals surface area (Å²) in [5, 5.41) is 2.01. The Morgan fingerprint density at radius 3 is 2.61 bits per heavy atom. The highest BCUT2D eigenvalue weighted by molar-refractivity contribution is 7.10. The number of thiophene rings is 1. The first-order chi connectivity index (χ1) is 8.61. The number of amides is 1. The number of benzene rings is 1. The van der Waals surface area contributed by atoms with Crippen LogP contribution in [0.5, 0.6) is 0 Å². The minimum atomic E-state index is -0.0472. The lowest BCUT2D eigenvalue weighted by atomic mass is 10.1. The number of nitrogens with two attached hydrogens (primary N) is 1. The lowest BCUT2D eigenvalue weighted by Crippen LogP contribution is -2.29. The van der Waals surface area contributed by atoms with Gasteiger partial charge in [0.15, 0.2) is 0 Å². The maximum absolute atomic E-state index is 12.4. The second-order valence-corrected chi connectivity index (χ2v) is 5.17. The number of nitrogen functional groups attached to an aromatic ring is 1. The predicted octanol–water partition coefficient (Wildman–Crippen LogP) is 3.16. The van der Waals surface area contributed by atoms with Crippen LogP contribution in [0.2, 0.25) is 0 Å². The summed E-state index contributed by atoms with van der Waals surface area (Å²) in [4.78, 5) is 15.2. The van der Waals surface area contributed by atoms with Gasteiger partial charge in [-0.2, -0.15) is 0 Å². The van der Waals surface area contributed by atoms with Gasteiger partial charge in [-0.3, -0.25) is 4.79 Å². The summed E-state index contributed by atoms with van der Waals surface area (Å²) in [5.41, 5.74) is 6.91. The van der Waals surface area contributed by atoms with Crippen LogP contribution < -0.4 is 5.73 Å². The molecule has 0 radical (unpaired) electrons. The molecule has 0 aliphatic heterocycles. The van der Waals surface area contributed by atoms with Crippen molar-refractivity contribution in [3.05, 3.63) is 52.2 Å². The number of para-hydroxylation sites is 1. The smallest absolute Gasteiger partial charge is 0.256 e. The fourth-order valence-electron chi connectivity index (χ4n) is 1.78. The molecule has 4 heteroatoms. The van der Waals surface area contributed by atoms with E-state index in [4.69, 9.17) is 5.73 Å². The van der Waals surface area contributed by atoms with Crippen LogP contribution in [0.15, 0.2) is 41.8 Å². The average molecular weight is 260 g/mol. The zero-order chi connectivity index (χ0) is 13.1. The van der Waals surface area contributed by atoms with E-state index in [1.165, 1.54) is 4.88 Å². The highest BCUT2D eigenvalue weighted by atomic mass is 32.1.